The molecule has 2 aromatic heterocycles. The molecule has 0 radical (unpaired) electrons. The summed E-state index contributed by atoms with van der Waals surface area (Å²) in [6, 6.07) is 2.09. The zero-order valence-corrected chi connectivity index (χ0v) is 14.6. The number of hydrogen-bond acceptors (Lipinski definition) is 5. The Kier molecular flexibility index (Phi) is 5.00. The number of amides is 1. The van der Waals surface area contributed by atoms with Crippen LogP contribution in [0.5, 0.6) is 0 Å². The highest BCUT2D eigenvalue weighted by molar-refractivity contribution is 5.76. The molecule has 0 spiro atoms. The Morgan fingerprint density at radius 1 is 1.48 bits per heavy atom. The van der Waals surface area contributed by atoms with Crippen molar-refractivity contribution in [2.24, 2.45) is 5.92 Å². The number of rotatable bonds is 5. The molecular formula is C18H23N5O2. The number of aliphatic hydroxyl groups excluding tert-OH is 1. The van der Waals surface area contributed by atoms with Gasteiger partial charge in [-0.05, 0) is 38.7 Å². The van der Waals surface area contributed by atoms with E-state index >= 15 is 0 Å². The third kappa shape index (κ3) is 3.49. The number of carbonyl (C=O) groups is 1. The molecule has 0 saturated heterocycles. The topological polar surface area (TPSA) is 103 Å². The number of nitrogens with one attached hydrogen (secondary N) is 1. The maximum Gasteiger partial charge on any atom is 0.220 e. The van der Waals surface area contributed by atoms with Crippen molar-refractivity contribution >= 4 is 11.6 Å². The van der Waals surface area contributed by atoms with Crippen molar-refractivity contribution in [3.63, 3.8) is 0 Å². The predicted octanol–water partition coefficient (Wildman–Crippen LogP) is 1.43. The molecule has 0 aliphatic heterocycles. The fraction of sp³-hybridized carbons (Fsp3) is 0.556. The molecule has 7 nitrogen and oxygen atoms in total. The first-order valence-corrected chi connectivity index (χ1v) is 8.70. The van der Waals surface area contributed by atoms with Gasteiger partial charge in [-0.25, -0.2) is 9.50 Å². The van der Waals surface area contributed by atoms with E-state index in [0.717, 1.165) is 36.2 Å². The number of aliphatic hydroxyl groups is 1. The van der Waals surface area contributed by atoms with Crippen LogP contribution in [0.15, 0.2) is 6.20 Å². The number of aryl methyl sites for hydroxylation is 2. The molecule has 1 aliphatic carbocycles. The molecule has 132 valence electrons. The Bertz CT molecular complexity index is 836. The first-order valence-electron chi connectivity index (χ1n) is 8.70. The monoisotopic (exact) mass is 341 g/mol. The molecule has 0 aromatic carbocycles. The summed E-state index contributed by atoms with van der Waals surface area (Å²) >= 11 is 0. The third-order valence-electron chi connectivity index (χ3n) is 5.11. The lowest BCUT2D eigenvalue weighted by Gasteiger charge is -2.15. The van der Waals surface area contributed by atoms with Gasteiger partial charge in [0.05, 0.1) is 12.3 Å². The van der Waals surface area contributed by atoms with Crippen LogP contribution in [-0.2, 0) is 11.2 Å². The van der Waals surface area contributed by atoms with Crippen LogP contribution >= 0.6 is 0 Å². The van der Waals surface area contributed by atoms with Crippen LogP contribution in [0.25, 0.3) is 5.65 Å². The number of hydrogen-bond donors (Lipinski definition) is 2. The van der Waals surface area contributed by atoms with Crippen LogP contribution in [0.1, 0.15) is 48.2 Å². The van der Waals surface area contributed by atoms with Crippen LogP contribution in [0.4, 0.5) is 0 Å². The standard InChI is InChI=1S/C18H23N5O2/c1-11-15(12(2)23-18(22-11)14(8-19)10-21-23)6-7-17(25)20-9-13-4-3-5-16(13)24/h10,13,16,24H,3-7,9H2,1-2H3,(H,20,25). The van der Waals surface area contributed by atoms with Crippen molar-refractivity contribution in [2.45, 2.75) is 52.1 Å². The number of aromatic nitrogens is 3. The molecule has 1 aliphatic rings. The summed E-state index contributed by atoms with van der Waals surface area (Å²) in [6.45, 7) is 4.36. The van der Waals surface area contributed by atoms with E-state index in [2.05, 4.69) is 21.5 Å². The highest BCUT2D eigenvalue weighted by Crippen LogP contribution is 2.24. The second-order valence-corrected chi connectivity index (χ2v) is 6.73. The molecule has 1 amide bonds. The number of nitrogens with zero attached hydrogens (tertiary/aromatic N) is 4. The van der Waals surface area contributed by atoms with Gasteiger partial charge in [-0.2, -0.15) is 10.4 Å². The first-order chi connectivity index (χ1) is 12.0. The van der Waals surface area contributed by atoms with Gasteiger partial charge >= 0.3 is 0 Å². The molecule has 2 aromatic rings. The molecule has 1 saturated carbocycles. The van der Waals surface area contributed by atoms with E-state index in [1.54, 1.807) is 4.52 Å². The largest absolute Gasteiger partial charge is 0.393 e. The Morgan fingerprint density at radius 3 is 2.96 bits per heavy atom. The Labute approximate surface area is 146 Å². The van der Waals surface area contributed by atoms with Gasteiger partial charge in [0, 0.05) is 30.3 Å². The fourth-order valence-electron chi connectivity index (χ4n) is 3.58. The Balaban J connectivity index is 1.65. The Morgan fingerprint density at radius 2 is 2.28 bits per heavy atom. The highest BCUT2D eigenvalue weighted by Gasteiger charge is 2.25. The minimum Gasteiger partial charge on any atom is -0.393 e. The maximum absolute atomic E-state index is 12.1. The third-order valence-corrected chi connectivity index (χ3v) is 5.11. The van der Waals surface area contributed by atoms with Crippen molar-refractivity contribution in [3.05, 3.63) is 28.7 Å². The summed E-state index contributed by atoms with van der Waals surface area (Å²) in [5, 5.41) is 26.1. The van der Waals surface area contributed by atoms with E-state index in [1.165, 1.54) is 6.20 Å². The van der Waals surface area contributed by atoms with Crippen molar-refractivity contribution in [3.8, 4) is 6.07 Å². The van der Waals surface area contributed by atoms with E-state index in [1.807, 2.05) is 13.8 Å². The second-order valence-electron chi connectivity index (χ2n) is 6.73. The predicted molar refractivity (Wildman–Crippen MR) is 91.9 cm³/mol. The summed E-state index contributed by atoms with van der Waals surface area (Å²) in [5.41, 5.74) is 3.71. The van der Waals surface area contributed by atoms with E-state index in [-0.39, 0.29) is 17.9 Å². The smallest absolute Gasteiger partial charge is 0.220 e. The van der Waals surface area contributed by atoms with Gasteiger partial charge in [0.2, 0.25) is 5.91 Å². The lowest BCUT2D eigenvalue weighted by molar-refractivity contribution is -0.121. The van der Waals surface area contributed by atoms with Crippen LogP contribution in [0.3, 0.4) is 0 Å². The van der Waals surface area contributed by atoms with E-state index in [9.17, 15) is 9.90 Å². The fourth-order valence-corrected chi connectivity index (χ4v) is 3.58. The van der Waals surface area contributed by atoms with Crippen LogP contribution in [0.2, 0.25) is 0 Å². The van der Waals surface area contributed by atoms with E-state index in [0.29, 0.717) is 30.6 Å². The van der Waals surface area contributed by atoms with Gasteiger partial charge in [-0.15, -0.1) is 0 Å². The number of carbonyl (C=O) groups excluding carboxylic acids is 1. The second kappa shape index (κ2) is 7.19. The molecule has 2 atom stereocenters. The molecule has 25 heavy (non-hydrogen) atoms. The van der Waals surface area contributed by atoms with Crippen LogP contribution in [-0.4, -0.2) is 38.3 Å². The SMILES string of the molecule is Cc1nc2c(C#N)cnn2c(C)c1CCC(=O)NCC1CCCC1O. The molecular weight excluding hydrogens is 318 g/mol. The highest BCUT2D eigenvalue weighted by atomic mass is 16.3. The normalized spacial score (nSPS) is 19.9. The summed E-state index contributed by atoms with van der Waals surface area (Å²) in [4.78, 5) is 16.6. The number of fused-ring (bicyclic) bond motifs is 1. The molecule has 0 bridgehead atoms. The molecule has 2 N–H and O–H groups in total. The lowest BCUT2D eigenvalue weighted by Crippen LogP contribution is -2.32. The molecule has 3 rings (SSSR count). The van der Waals surface area contributed by atoms with Gasteiger partial charge < -0.3 is 10.4 Å². The van der Waals surface area contributed by atoms with Crippen LogP contribution in [0, 0.1) is 31.1 Å². The Hall–Kier alpha value is -2.46. The molecule has 7 heteroatoms. The van der Waals surface area contributed by atoms with Gasteiger partial charge in [0.15, 0.2) is 5.65 Å². The first kappa shape index (κ1) is 17.4. The van der Waals surface area contributed by atoms with Crippen LogP contribution < -0.4 is 5.32 Å². The van der Waals surface area contributed by atoms with Crippen molar-refractivity contribution in [1.82, 2.24) is 19.9 Å². The maximum atomic E-state index is 12.1. The number of nitriles is 1. The summed E-state index contributed by atoms with van der Waals surface area (Å²) in [5.74, 6) is 0.162. The summed E-state index contributed by atoms with van der Waals surface area (Å²) in [6.07, 6.45) is 5.00. The average molecular weight is 341 g/mol. The summed E-state index contributed by atoms with van der Waals surface area (Å²) < 4.78 is 1.66. The quantitative estimate of drug-likeness (QED) is 0.856. The van der Waals surface area contributed by atoms with Crippen molar-refractivity contribution in [2.75, 3.05) is 6.54 Å². The summed E-state index contributed by atoms with van der Waals surface area (Å²) in [7, 11) is 0. The minimum absolute atomic E-state index is 0.0174. The van der Waals surface area contributed by atoms with Gasteiger partial charge in [-0.1, -0.05) is 6.42 Å². The van der Waals surface area contributed by atoms with Gasteiger partial charge in [0.1, 0.15) is 11.6 Å². The molecule has 2 heterocycles. The zero-order chi connectivity index (χ0) is 18.0. The van der Waals surface area contributed by atoms with Gasteiger partial charge in [0.25, 0.3) is 0 Å². The molecule has 1 fully saturated rings. The minimum atomic E-state index is -0.287. The average Bonchev–Trinajstić information content (AvgIpc) is 3.18. The zero-order valence-electron chi connectivity index (χ0n) is 14.6. The van der Waals surface area contributed by atoms with Gasteiger partial charge in [-0.3, -0.25) is 4.79 Å². The van der Waals surface area contributed by atoms with E-state index < -0.39 is 0 Å². The van der Waals surface area contributed by atoms with Crippen molar-refractivity contribution in [1.29, 1.82) is 5.26 Å². The molecule has 2 unspecified atom stereocenters. The van der Waals surface area contributed by atoms with Crippen molar-refractivity contribution < 1.29 is 9.90 Å². The lowest BCUT2D eigenvalue weighted by atomic mass is 10.0. The van der Waals surface area contributed by atoms with E-state index in [4.69, 9.17) is 5.26 Å².